The number of hydrogen-bond acceptors (Lipinski definition) is 6. The van der Waals surface area contributed by atoms with Gasteiger partial charge < -0.3 is 9.47 Å². The lowest BCUT2D eigenvalue weighted by Gasteiger charge is -2.57. The van der Waals surface area contributed by atoms with Crippen molar-refractivity contribution in [3.05, 3.63) is 93.0 Å². The zero-order chi connectivity index (χ0) is 31.3. The fourth-order valence-corrected chi connectivity index (χ4v) is 8.93. The molecule has 228 valence electrons. The summed E-state index contributed by atoms with van der Waals surface area (Å²) >= 11 is 3.52. The minimum atomic E-state index is -0.773. The van der Waals surface area contributed by atoms with Gasteiger partial charge in [0.15, 0.2) is 11.5 Å². The van der Waals surface area contributed by atoms with Crippen molar-refractivity contribution in [1.29, 1.82) is 5.26 Å². The summed E-state index contributed by atoms with van der Waals surface area (Å²) in [6.45, 7) is 0.138. The van der Waals surface area contributed by atoms with Gasteiger partial charge in [0.2, 0.25) is 0 Å². The van der Waals surface area contributed by atoms with Crippen LogP contribution >= 0.6 is 15.9 Å². The van der Waals surface area contributed by atoms with Crippen LogP contribution in [0.3, 0.4) is 0 Å². The average Bonchev–Trinajstić information content (AvgIpc) is 3.02. The summed E-state index contributed by atoms with van der Waals surface area (Å²) in [6.07, 6.45) is 9.17. The molecule has 0 aromatic heterocycles. The van der Waals surface area contributed by atoms with Gasteiger partial charge in [-0.05, 0) is 125 Å². The number of benzene rings is 3. The molecule has 9 heteroatoms. The van der Waals surface area contributed by atoms with Gasteiger partial charge in [0, 0.05) is 5.56 Å². The molecule has 8 rings (SSSR count). The maximum atomic E-state index is 13.7. The number of hydrogen-bond donors (Lipinski definition) is 1. The Bertz CT molecular complexity index is 1760. The number of anilines is 1. The Kier molecular flexibility index (Phi) is 7.49. The zero-order valence-corrected chi connectivity index (χ0v) is 26.4. The van der Waals surface area contributed by atoms with Crippen LogP contribution in [0, 0.1) is 29.1 Å². The summed E-state index contributed by atoms with van der Waals surface area (Å²) in [4.78, 5) is 40.5. The number of carbonyl (C=O) groups is 3. The van der Waals surface area contributed by atoms with Crippen molar-refractivity contribution in [2.75, 3.05) is 12.0 Å². The molecule has 0 unspecified atom stereocenters. The van der Waals surface area contributed by atoms with Crippen molar-refractivity contribution >= 4 is 45.5 Å². The molecular formula is C36H32BrN3O5. The van der Waals surface area contributed by atoms with Crippen molar-refractivity contribution < 1.29 is 23.9 Å². The molecule has 4 amide bonds. The number of carbonyl (C=O) groups excluding carboxylic acids is 3. The molecule has 1 saturated heterocycles. The van der Waals surface area contributed by atoms with Gasteiger partial charge in [-0.1, -0.05) is 30.3 Å². The quantitative estimate of drug-likeness (QED) is 0.214. The van der Waals surface area contributed by atoms with E-state index in [1.165, 1.54) is 57.3 Å². The molecule has 3 aromatic carbocycles. The lowest BCUT2D eigenvalue weighted by molar-refractivity contribution is -0.122. The minimum Gasteiger partial charge on any atom is -0.493 e. The molecule has 1 heterocycles. The molecule has 4 aliphatic carbocycles. The zero-order valence-electron chi connectivity index (χ0n) is 24.8. The van der Waals surface area contributed by atoms with Crippen LogP contribution in [-0.4, -0.2) is 25.0 Å². The third kappa shape index (κ3) is 5.31. The third-order valence-corrected chi connectivity index (χ3v) is 10.5. The molecule has 4 saturated carbocycles. The standard InChI is InChI=1S/C36H32BrN3O5/c1-44-31-15-21(14-30(37)32(31)45-20-26-5-3-2-4-25(26)19-38)13-29-33(41)39-35(43)40(34(29)42)28-8-6-27(7-9-28)36-16-22-10-23(17-36)12-24(11-22)18-36/h2-9,13-15,22-24H,10-12,16-18,20H2,1H3,(H,39,41,43)/b29-13+. The fourth-order valence-electron chi connectivity index (χ4n) is 8.36. The second-order valence-electron chi connectivity index (χ2n) is 12.8. The number of amides is 4. The SMILES string of the molecule is COc1cc(/C=C2\C(=O)NC(=O)N(c3ccc(C45CC6CC(CC(C6)C4)C5)cc3)C2=O)cc(Br)c1OCc1ccccc1C#N. The number of rotatable bonds is 7. The molecule has 8 nitrogen and oxygen atoms in total. The summed E-state index contributed by atoms with van der Waals surface area (Å²) in [7, 11) is 1.49. The Morgan fingerprint density at radius 2 is 1.67 bits per heavy atom. The fraction of sp³-hybridized carbons (Fsp3) is 0.333. The van der Waals surface area contributed by atoms with Gasteiger partial charge in [-0.15, -0.1) is 0 Å². The summed E-state index contributed by atoms with van der Waals surface area (Å²) in [5.41, 5.74) is 3.46. The van der Waals surface area contributed by atoms with E-state index in [1.54, 1.807) is 24.3 Å². The maximum absolute atomic E-state index is 13.7. The lowest BCUT2D eigenvalue weighted by atomic mass is 9.48. The Morgan fingerprint density at radius 3 is 2.31 bits per heavy atom. The van der Waals surface area contributed by atoms with Crippen molar-refractivity contribution in [2.45, 2.75) is 50.5 Å². The lowest BCUT2D eigenvalue weighted by Crippen LogP contribution is -2.54. The smallest absolute Gasteiger partial charge is 0.335 e. The Hall–Kier alpha value is -4.42. The van der Waals surface area contributed by atoms with Crippen molar-refractivity contribution in [2.24, 2.45) is 17.8 Å². The number of barbiturate groups is 1. The van der Waals surface area contributed by atoms with Crippen LogP contribution in [0.25, 0.3) is 6.08 Å². The van der Waals surface area contributed by atoms with Gasteiger partial charge in [0.25, 0.3) is 11.8 Å². The van der Waals surface area contributed by atoms with Gasteiger partial charge in [-0.2, -0.15) is 5.26 Å². The normalized spacial score (nSPS) is 26.2. The molecule has 5 aliphatic rings. The van der Waals surface area contributed by atoms with Crippen molar-refractivity contribution in [3.63, 3.8) is 0 Å². The summed E-state index contributed by atoms with van der Waals surface area (Å²) in [5.74, 6) is 1.73. The van der Waals surface area contributed by atoms with Gasteiger partial charge in [-0.3, -0.25) is 14.9 Å². The first-order valence-corrected chi connectivity index (χ1v) is 16.1. The summed E-state index contributed by atoms with van der Waals surface area (Å²) in [6, 6.07) is 19.7. The molecule has 0 atom stereocenters. The number of imide groups is 2. The molecule has 4 bridgehead atoms. The number of methoxy groups -OCH3 is 1. The molecule has 3 aromatic rings. The molecule has 1 aliphatic heterocycles. The van der Waals surface area contributed by atoms with E-state index in [9.17, 15) is 19.6 Å². The van der Waals surface area contributed by atoms with E-state index in [4.69, 9.17) is 9.47 Å². The van der Waals surface area contributed by atoms with E-state index in [0.29, 0.717) is 32.8 Å². The van der Waals surface area contributed by atoms with Crippen LogP contribution in [0.4, 0.5) is 10.5 Å². The van der Waals surface area contributed by atoms with Gasteiger partial charge in [0.1, 0.15) is 12.2 Å². The average molecular weight is 667 g/mol. The number of nitrogens with zero attached hydrogens (tertiary/aromatic N) is 2. The van der Waals surface area contributed by atoms with Crippen molar-refractivity contribution in [3.8, 4) is 17.6 Å². The van der Waals surface area contributed by atoms with E-state index >= 15 is 0 Å². The second-order valence-corrected chi connectivity index (χ2v) is 13.6. The van der Waals surface area contributed by atoms with E-state index in [2.05, 4.69) is 39.4 Å². The van der Waals surface area contributed by atoms with Crippen LogP contribution in [-0.2, 0) is 21.6 Å². The van der Waals surface area contributed by atoms with E-state index in [0.717, 1.165) is 28.2 Å². The van der Waals surface area contributed by atoms with E-state index < -0.39 is 17.8 Å². The van der Waals surface area contributed by atoms with Crippen LogP contribution in [0.15, 0.2) is 70.7 Å². The number of nitriles is 1. The largest absolute Gasteiger partial charge is 0.493 e. The predicted octanol–water partition coefficient (Wildman–Crippen LogP) is 7.04. The number of halogens is 1. The number of ether oxygens (including phenoxy) is 2. The Balaban J connectivity index is 1.13. The Morgan fingerprint density at radius 1 is 1.00 bits per heavy atom. The first-order chi connectivity index (χ1) is 21.8. The number of nitrogens with one attached hydrogen (secondary N) is 1. The minimum absolute atomic E-state index is 0.138. The third-order valence-electron chi connectivity index (χ3n) is 9.95. The van der Waals surface area contributed by atoms with Crippen molar-refractivity contribution in [1.82, 2.24) is 5.32 Å². The van der Waals surface area contributed by atoms with Gasteiger partial charge in [0.05, 0.1) is 28.9 Å². The van der Waals surface area contributed by atoms with Crippen LogP contribution in [0.2, 0.25) is 0 Å². The van der Waals surface area contributed by atoms with Crippen LogP contribution in [0.5, 0.6) is 11.5 Å². The first kappa shape index (κ1) is 29.3. The first-order valence-electron chi connectivity index (χ1n) is 15.3. The molecular weight excluding hydrogens is 634 g/mol. The molecule has 45 heavy (non-hydrogen) atoms. The molecule has 0 radical (unpaired) electrons. The highest BCUT2D eigenvalue weighted by atomic mass is 79.9. The van der Waals surface area contributed by atoms with Crippen LogP contribution < -0.4 is 19.7 Å². The van der Waals surface area contributed by atoms with Crippen LogP contribution in [0.1, 0.15) is 60.8 Å². The predicted molar refractivity (Wildman–Crippen MR) is 171 cm³/mol. The van der Waals surface area contributed by atoms with Gasteiger partial charge >= 0.3 is 6.03 Å². The number of urea groups is 1. The second kappa shape index (κ2) is 11.5. The highest BCUT2D eigenvalue weighted by Crippen LogP contribution is 2.60. The monoisotopic (exact) mass is 665 g/mol. The summed E-state index contributed by atoms with van der Waals surface area (Å²) in [5, 5.41) is 11.7. The topological polar surface area (TPSA) is 109 Å². The highest BCUT2D eigenvalue weighted by Gasteiger charge is 2.51. The summed E-state index contributed by atoms with van der Waals surface area (Å²) < 4.78 is 12.1. The Labute approximate surface area is 270 Å². The maximum Gasteiger partial charge on any atom is 0.335 e. The molecule has 1 N–H and O–H groups in total. The highest BCUT2D eigenvalue weighted by molar-refractivity contribution is 9.10. The molecule has 0 spiro atoms. The van der Waals surface area contributed by atoms with Gasteiger partial charge in [-0.25, -0.2) is 9.69 Å². The van der Waals surface area contributed by atoms with E-state index in [1.807, 2.05) is 24.3 Å². The van der Waals surface area contributed by atoms with E-state index in [-0.39, 0.29) is 17.6 Å². The molecule has 5 fully saturated rings.